The number of hydrogen-bond donors (Lipinski definition) is 1. The quantitative estimate of drug-likeness (QED) is 0.164. The Balaban J connectivity index is 3.23. The fourth-order valence-electron chi connectivity index (χ4n) is 3.46. The molecule has 0 aliphatic carbocycles. The van der Waals surface area contributed by atoms with Crippen LogP contribution in [0.1, 0.15) is 142 Å². The minimum atomic E-state index is -0.680. The van der Waals surface area contributed by atoms with Crippen LogP contribution in [0.5, 0.6) is 0 Å². The molecule has 0 heterocycles. The number of rotatable bonds is 20. The molecule has 0 aliphatic rings. The van der Waals surface area contributed by atoms with Gasteiger partial charge in [-0.05, 0) is 31.1 Å². The second kappa shape index (κ2) is 24.6. The molecule has 0 amide bonds. The lowest BCUT2D eigenvalue weighted by atomic mass is 10.0. The summed E-state index contributed by atoms with van der Waals surface area (Å²) in [7, 11) is 0. The Hall–Kier alpha value is -1.41. The van der Waals surface area contributed by atoms with Crippen LogP contribution in [0.25, 0.3) is 0 Å². The summed E-state index contributed by atoms with van der Waals surface area (Å²) in [6.07, 6.45) is 25.3. The second-order valence-electron chi connectivity index (χ2n) is 8.26. The van der Waals surface area contributed by atoms with Gasteiger partial charge >= 0.3 is 5.97 Å². The van der Waals surface area contributed by atoms with Crippen molar-refractivity contribution in [2.45, 2.75) is 142 Å². The van der Waals surface area contributed by atoms with E-state index in [0.717, 1.165) is 38.5 Å². The highest BCUT2D eigenvalue weighted by atomic mass is 16.4. The summed E-state index contributed by atoms with van der Waals surface area (Å²) in [6.45, 7) is 2.28. The fourth-order valence-corrected chi connectivity index (χ4v) is 3.46. The van der Waals surface area contributed by atoms with Crippen molar-refractivity contribution in [3.63, 3.8) is 0 Å². The lowest BCUT2D eigenvalue weighted by molar-refractivity contribution is -0.137. The van der Waals surface area contributed by atoms with E-state index in [1.54, 1.807) is 0 Å². The lowest BCUT2D eigenvalue weighted by Crippen LogP contribution is -1.93. The van der Waals surface area contributed by atoms with Crippen molar-refractivity contribution < 1.29 is 9.90 Å². The van der Waals surface area contributed by atoms with Crippen molar-refractivity contribution in [3.8, 4) is 23.7 Å². The highest BCUT2D eigenvalue weighted by Crippen LogP contribution is 2.12. The topological polar surface area (TPSA) is 37.3 Å². The molecule has 0 spiro atoms. The molecule has 29 heavy (non-hydrogen) atoms. The third kappa shape index (κ3) is 26.6. The fraction of sp³-hybridized carbons (Fsp3) is 0.815. The molecule has 0 fully saturated rings. The average molecular weight is 403 g/mol. The molecular weight excluding hydrogens is 356 g/mol. The third-order valence-corrected chi connectivity index (χ3v) is 5.34. The standard InChI is InChI=1S/C27H46O2/c1-2-3-4-5-6-7-8-9-10-11-12-13-14-15-16-17-18-19-20-21-22-23-24-25-26-27(28)29/h2-14,19-26H2,1H3,(H,28,29). The van der Waals surface area contributed by atoms with Crippen LogP contribution in [0.15, 0.2) is 0 Å². The predicted molar refractivity (Wildman–Crippen MR) is 126 cm³/mol. The summed E-state index contributed by atoms with van der Waals surface area (Å²) in [5, 5.41) is 8.56. The van der Waals surface area contributed by atoms with Gasteiger partial charge in [-0.1, -0.05) is 115 Å². The number of unbranched alkanes of at least 4 members (excludes halogenated alkanes) is 18. The monoisotopic (exact) mass is 402 g/mol. The van der Waals surface area contributed by atoms with Crippen LogP contribution in [-0.4, -0.2) is 11.1 Å². The van der Waals surface area contributed by atoms with E-state index in [-0.39, 0.29) is 0 Å². The Labute approximate surface area is 181 Å². The summed E-state index contributed by atoms with van der Waals surface area (Å²) < 4.78 is 0. The molecule has 0 aliphatic heterocycles. The van der Waals surface area contributed by atoms with E-state index in [1.807, 2.05) is 0 Å². The Morgan fingerprint density at radius 2 is 0.897 bits per heavy atom. The van der Waals surface area contributed by atoms with E-state index >= 15 is 0 Å². The van der Waals surface area contributed by atoms with E-state index < -0.39 is 5.97 Å². The van der Waals surface area contributed by atoms with Crippen molar-refractivity contribution in [1.29, 1.82) is 0 Å². The van der Waals surface area contributed by atoms with Crippen molar-refractivity contribution in [2.24, 2.45) is 0 Å². The summed E-state index contributed by atoms with van der Waals surface area (Å²) in [5.74, 6) is 11.6. The van der Waals surface area contributed by atoms with Crippen molar-refractivity contribution in [2.75, 3.05) is 0 Å². The van der Waals surface area contributed by atoms with Crippen molar-refractivity contribution >= 4 is 5.97 Å². The minimum absolute atomic E-state index is 0.309. The maximum absolute atomic E-state index is 10.4. The first-order chi connectivity index (χ1) is 14.3. The second-order valence-corrected chi connectivity index (χ2v) is 8.26. The van der Waals surface area contributed by atoms with Gasteiger partial charge < -0.3 is 5.11 Å². The summed E-state index contributed by atoms with van der Waals surface area (Å²) >= 11 is 0. The number of aliphatic carboxylic acids is 1. The first-order valence-electron chi connectivity index (χ1n) is 12.4. The van der Waals surface area contributed by atoms with Gasteiger partial charge in [0.2, 0.25) is 0 Å². The van der Waals surface area contributed by atoms with Crippen LogP contribution < -0.4 is 0 Å². The molecular formula is C27H46O2. The summed E-state index contributed by atoms with van der Waals surface area (Å²) in [4.78, 5) is 10.4. The molecule has 0 unspecified atom stereocenters. The first-order valence-corrected chi connectivity index (χ1v) is 12.4. The zero-order chi connectivity index (χ0) is 21.3. The molecule has 1 N–H and O–H groups in total. The van der Waals surface area contributed by atoms with Crippen LogP contribution in [0.4, 0.5) is 0 Å². The molecule has 0 atom stereocenters. The van der Waals surface area contributed by atoms with Crippen LogP contribution in [-0.2, 0) is 4.79 Å². The van der Waals surface area contributed by atoms with Crippen molar-refractivity contribution in [1.82, 2.24) is 0 Å². The molecule has 0 rings (SSSR count). The van der Waals surface area contributed by atoms with E-state index in [9.17, 15) is 4.79 Å². The highest BCUT2D eigenvalue weighted by Gasteiger charge is 1.96. The molecule has 0 aromatic heterocycles. The molecule has 0 bridgehead atoms. The summed E-state index contributed by atoms with van der Waals surface area (Å²) in [5.41, 5.74) is 0. The van der Waals surface area contributed by atoms with Crippen LogP contribution in [0, 0.1) is 23.7 Å². The SMILES string of the molecule is CCCCCCCCCCCCCCC#CC#CCCCCCCCCC(=O)O. The Morgan fingerprint density at radius 1 is 0.552 bits per heavy atom. The van der Waals surface area contributed by atoms with Gasteiger partial charge in [-0.15, -0.1) is 0 Å². The maximum Gasteiger partial charge on any atom is 0.303 e. The normalized spacial score (nSPS) is 10.1. The number of carboxylic acids is 1. The first kappa shape index (κ1) is 27.6. The van der Waals surface area contributed by atoms with Crippen LogP contribution >= 0.6 is 0 Å². The Morgan fingerprint density at radius 3 is 1.28 bits per heavy atom. The van der Waals surface area contributed by atoms with Gasteiger partial charge in [0.1, 0.15) is 0 Å². The molecule has 2 heteroatoms. The van der Waals surface area contributed by atoms with Gasteiger partial charge in [-0.25, -0.2) is 0 Å². The Bertz CT molecular complexity index is 472. The number of carboxylic acid groups (broad SMARTS) is 1. The van der Waals surface area contributed by atoms with E-state index in [2.05, 4.69) is 30.6 Å². The van der Waals surface area contributed by atoms with Crippen molar-refractivity contribution in [3.05, 3.63) is 0 Å². The van der Waals surface area contributed by atoms with Crippen LogP contribution in [0.3, 0.4) is 0 Å². The zero-order valence-corrected chi connectivity index (χ0v) is 19.2. The molecule has 166 valence electrons. The van der Waals surface area contributed by atoms with E-state index in [1.165, 1.54) is 89.9 Å². The van der Waals surface area contributed by atoms with E-state index in [4.69, 9.17) is 5.11 Å². The predicted octanol–water partition coefficient (Wildman–Crippen LogP) is 8.29. The van der Waals surface area contributed by atoms with Gasteiger partial charge in [-0.3, -0.25) is 4.79 Å². The molecule has 2 nitrogen and oxygen atoms in total. The number of carbonyl (C=O) groups is 1. The van der Waals surface area contributed by atoms with Crippen LogP contribution in [0.2, 0.25) is 0 Å². The molecule has 0 aromatic carbocycles. The Kier molecular flexibility index (Phi) is 23.4. The minimum Gasteiger partial charge on any atom is -0.481 e. The maximum atomic E-state index is 10.4. The van der Waals surface area contributed by atoms with Gasteiger partial charge in [0, 0.05) is 19.3 Å². The average Bonchev–Trinajstić information content (AvgIpc) is 2.71. The van der Waals surface area contributed by atoms with Gasteiger partial charge in [0.15, 0.2) is 0 Å². The highest BCUT2D eigenvalue weighted by molar-refractivity contribution is 5.66. The van der Waals surface area contributed by atoms with Gasteiger partial charge in [-0.2, -0.15) is 0 Å². The number of hydrogen-bond acceptors (Lipinski definition) is 1. The largest absolute Gasteiger partial charge is 0.481 e. The molecule has 0 aromatic rings. The zero-order valence-electron chi connectivity index (χ0n) is 19.2. The lowest BCUT2D eigenvalue weighted by Gasteiger charge is -2.01. The molecule has 0 saturated carbocycles. The summed E-state index contributed by atoms with van der Waals surface area (Å²) in [6, 6.07) is 0. The smallest absolute Gasteiger partial charge is 0.303 e. The third-order valence-electron chi connectivity index (χ3n) is 5.34. The molecule has 0 saturated heterocycles. The van der Waals surface area contributed by atoms with Gasteiger partial charge in [0.05, 0.1) is 0 Å². The van der Waals surface area contributed by atoms with E-state index in [0.29, 0.717) is 6.42 Å². The molecule has 0 radical (unpaired) electrons. The van der Waals surface area contributed by atoms with Gasteiger partial charge in [0.25, 0.3) is 0 Å².